The Morgan fingerprint density at radius 1 is 1.33 bits per heavy atom. The molecule has 0 bridgehead atoms. The third kappa shape index (κ3) is 2.91. The van der Waals surface area contributed by atoms with Gasteiger partial charge in [0.25, 0.3) is 0 Å². The van der Waals surface area contributed by atoms with Crippen molar-refractivity contribution in [1.29, 1.82) is 0 Å². The Balaban J connectivity index is 3.28. The molecule has 0 radical (unpaired) electrons. The molecule has 0 saturated carbocycles. The molecule has 0 aliphatic heterocycles. The smallest absolute Gasteiger partial charge is 0.243 e. The molecule has 0 aliphatic rings. The minimum Gasteiger partial charge on any atom is -0.392 e. The lowest BCUT2D eigenvalue weighted by Crippen LogP contribution is -2.36. The Morgan fingerprint density at radius 2 is 1.94 bits per heavy atom. The van der Waals surface area contributed by atoms with Gasteiger partial charge in [0.15, 0.2) is 0 Å². The average molecular weight is 271 g/mol. The summed E-state index contributed by atoms with van der Waals surface area (Å²) < 4.78 is 26.3. The molecule has 0 saturated heterocycles. The van der Waals surface area contributed by atoms with Crippen molar-refractivity contribution in [3.05, 3.63) is 29.3 Å². The summed E-state index contributed by atoms with van der Waals surface area (Å²) in [5, 5.41) is 9.21. The second-order valence-corrected chi connectivity index (χ2v) is 6.44. The van der Waals surface area contributed by atoms with E-state index in [0.29, 0.717) is 12.1 Å². The van der Waals surface area contributed by atoms with E-state index in [-0.39, 0.29) is 17.5 Å². The van der Waals surface area contributed by atoms with Gasteiger partial charge in [-0.2, -0.15) is 4.31 Å². The van der Waals surface area contributed by atoms with Crippen LogP contribution < -0.4 is 0 Å². The van der Waals surface area contributed by atoms with Crippen molar-refractivity contribution < 1.29 is 13.5 Å². The maximum Gasteiger partial charge on any atom is 0.243 e. The lowest BCUT2D eigenvalue weighted by molar-refractivity contribution is 0.280. The third-order valence-corrected chi connectivity index (χ3v) is 5.13. The summed E-state index contributed by atoms with van der Waals surface area (Å²) in [5.74, 6) is 0. The molecule has 0 heterocycles. The van der Waals surface area contributed by atoms with Crippen molar-refractivity contribution in [2.45, 2.75) is 45.2 Å². The number of benzene rings is 1. The van der Waals surface area contributed by atoms with Crippen LogP contribution in [0.1, 0.15) is 31.9 Å². The van der Waals surface area contributed by atoms with Crippen LogP contribution in [0, 0.1) is 6.92 Å². The molecule has 0 spiro atoms. The second-order valence-electron chi connectivity index (χ2n) is 4.55. The Bertz CT molecular complexity index is 509. The Morgan fingerprint density at radius 3 is 2.39 bits per heavy atom. The van der Waals surface area contributed by atoms with Crippen LogP contribution >= 0.6 is 0 Å². The molecule has 0 unspecified atom stereocenters. The van der Waals surface area contributed by atoms with Crippen LogP contribution in [-0.4, -0.2) is 30.4 Å². The van der Waals surface area contributed by atoms with Crippen molar-refractivity contribution in [1.82, 2.24) is 4.31 Å². The summed E-state index contributed by atoms with van der Waals surface area (Å²) in [6.45, 7) is 7.65. The van der Waals surface area contributed by atoms with Gasteiger partial charge < -0.3 is 5.11 Å². The van der Waals surface area contributed by atoms with E-state index in [1.165, 1.54) is 4.31 Å². The molecule has 0 fully saturated rings. The molecule has 1 aromatic rings. The van der Waals surface area contributed by atoms with Crippen LogP contribution in [0.25, 0.3) is 0 Å². The van der Waals surface area contributed by atoms with Crippen LogP contribution in [0.3, 0.4) is 0 Å². The Kier molecular flexibility index (Phi) is 4.90. The van der Waals surface area contributed by atoms with Gasteiger partial charge in [-0.25, -0.2) is 8.42 Å². The van der Waals surface area contributed by atoms with Crippen molar-refractivity contribution in [2.75, 3.05) is 6.54 Å². The lowest BCUT2D eigenvalue weighted by atomic mass is 10.1. The standard InChI is InChI=1S/C13H21NO3S/c1-5-14(10(2)3)18(16,17)13-7-6-11(4)12(8-13)9-15/h6-8,10,15H,5,9H2,1-4H3. The first-order valence-electron chi connectivity index (χ1n) is 6.06. The van der Waals surface area contributed by atoms with E-state index in [1.807, 2.05) is 27.7 Å². The predicted octanol–water partition coefficient (Wildman–Crippen LogP) is 1.91. The van der Waals surface area contributed by atoms with Crippen LogP contribution in [0.4, 0.5) is 0 Å². The molecular weight excluding hydrogens is 250 g/mol. The van der Waals surface area contributed by atoms with E-state index >= 15 is 0 Å². The highest BCUT2D eigenvalue weighted by Gasteiger charge is 2.25. The average Bonchev–Trinajstić information content (AvgIpc) is 2.29. The number of nitrogens with zero attached hydrogens (tertiary/aromatic N) is 1. The lowest BCUT2D eigenvalue weighted by Gasteiger charge is -2.24. The monoisotopic (exact) mass is 271 g/mol. The molecule has 0 amide bonds. The SMILES string of the molecule is CCN(C(C)C)S(=O)(=O)c1ccc(C)c(CO)c1. The second kappa shape index (κ2) is 5.82. The summed E-state index contributed by atoms with van der Waals surface area (Å²) in [7, 11) is -3.48. The first kappa shape index (κ1) is 15.1. The first-order chi connectivity index (χ1) is 8.34. The fraction of sp³-hybridized carbons (Fsp3) is 0.538. The maximum absolute atomic E-state index is 12.4. The van der Waals surface area contributed by atoms with Gasteiger partial charge in [0.05, 0.1) is 11.5 Å². The topological polar surface area (TPSA) is 57.6 Å². The predicted molar refractivity (Wildman–Crippen MR) is 71.8 cm³/mol. The summed E-state index contributed by atoms with van der Waals surface area (Å²) >= 11 is 0. The highest BCUT2D eigenvalue weighted by Crippen LogP contribution is 2.21. The summed E-state index contributed by atoms with van der Waals surface area (Å²) in [6.07, 6.45) is 0. The number of hydrogen-bond acceptors (Lipinski definition) is 3. The highest BCUT2D eigenvalue weighted by atomic mass is 32.2. The number of aryl methyl sites for hydroxylation is 1. The van der Waals surface area contributed by atoms with Gasteiger partial charge in [-0.1, -0.05) is 13.0 Å². The van der Waals surface area contributed by atoms with E-state index in [0.717, 1.165) is 5.56 Å². The molecule has 5 heteroatoms. The van der Waals surface area contributed by atoms with E-state index < -0.39 is 10.0 Å². The van der Waals surface area contributed by atoms with E-state index in [2.05, 4.69) is 0 Å². The minimum absolute atomic E-state index is 0.0844. The van der Waals surface area contributed by atoms with Crippen LogP contribution in [0.5, 0.6) is 0 Å². The van der Waals surface area contributed by atoms with Crippen molar-refractivity contribution in [3.8, 4) is 0 Å². The highest BCUT2D eigenvalue weighted by molar-refractivity contribution is 7.89. The van der Waals surface area contributed by atoms with Crippen LogP contribution in [0.15, 0.2) is 23.1 Å². The van der Waals surface area contributed by atoms with Gasteiger partial charge in [-0.15, -0.1) is 0 Å². The van der Waals surface area contributed by atoms with Gasteiger partial charge in [0.1, 0.15) is 0 Å². The van der Waals surface area contributed by atoms with Gasteiger partial charge in [0, 0.05) is 12.6 Å². The van der Waals surface area contributed by atoms with Gasteiger partial charge in [-0.05, 0) is 44.0 Å². The number of aliphatic hydroxyl groups is 1. The first-order valence-corrected chi connectivity index (χ1v) is 7.50. The van der Waals surface area contributed by atoms with Crippen LogP contribution in [-0.2, 0) is 16.6 Å². The van der Waals surface area contributed by atoms with E-state index in [9.17, 15) is 13.5 Å². The van der Waals surface area contributed by atoms with Gasteiger partial charge in [-0.3, -0.25) is 0 Å². The Labute approximate surface area is 109 Å². The number of hydrogen-bond donors (Lipinski definition) is 1. The molecule has 1 N–H and O–H groups in total. The zero-order valence-electron chi connectivity index (χ0n) is 11.3. The van der Waals surface area contributed by atoms with Crippen LogP contribution in [0.2, 0.25) is 0 Å². The molecule has 102 valence electrons. The molecule has 1 rings (SSSR count). The molecule has 4 nitrogen and oxygen atoms in total. The fourth-order valence-corrected chi connectivity index (χ4v) is 3.62. The molecule has 1 aromatic carbocycles. The summed E-state index contributed by atoms with van der Waals surface area (Å²) in [6, 6.07) is 4.79. The molecule has 0 aromatic heterocycles. The number of rotatable bonds is 5. The largest absolute Gasteiger partial charge is 0.392 e. The van der Waals surface area contributed by atoms with Crippen molar-refractivity contribution >= 4 is 10.0 Å². The zero-order chi connectivity index (χ0) is 13.9. The minimum atomic E-state index is -3.48. The molecular formula is C13H21NO3S. The van der Waals surface area contributed by atoms with E-state index in [4.69, 9.17) is 0 Å². The van der Waals surface area contributed by atoms with E-state index in [1.54, 1.807) is 18.2 Å². The Hall–Kier alpha value is -0.910. The quantitative estimate of drug-likeness (QED) is 0.890. The maximum atomic E-state index is 12.4. The zero-order valence-corrected chi connectivity index (χ0v) is 12.2. The van der Waals surface area contributed by atoms with Gasteiger partial charge in [0.2, 0.25) is 10.0 Å². The third-order valence-electron chi connectivity index (χ3n) is 2.99. The van der Waals surface area contributed by atoms with Crippen molar-refractivity contribution in [2.24, 2.45) is 0 Å². The molecule has 0 atom stereocenters. The normalized spacial score (nSPS) is 12.4. The molecule has 0 aliphatic carbocycles. The fourth-order valence-electron chi connectivity index (χ4n) is 1.93. The summed E-state index contributed by atoms with van der Waals surface area (Å²) in [4.78, 5) is 0.243. The van der Waals surface area contributed by atoms with Crippen molar-refractivity contribution in [3.63, 3.8) is 0 Å². The number of sulfonamides is 1. The number of aliphatic hydroxyl groups excluding tert-OH is 1. The summed E-state index contributed by atoms with van der Waals surface area (Å²) in [5.41, 5.74) is 1.54. The molecule has 18 heavy (non-hydrogen) atoms. The van der Waals surface area contributed by atoms with Gasteiger partial charge >= 0.3 is 0 Å².